The van der Waals surface area contributed by atoms with Crippen molar-refractivity contribution >= 4 is 43.4 Å². The Kier molecular flexibility index (Phi) is 16.5. The topological polar surface area (TPSA) is 27.7 Å². The Morgan fingerprint density at radius 3 is 1.09 bits per heavy atom. The van der Waals surface area contributed by atoms with E-state index in [-0.39, 0.29) is 18.3 Å². The van der Waals surface area contributed by atoms with Crippen molar-refractivity contribution in [1.29, 1.82) is 0 Å². The van der Waals surface area contributed by atoms with Crippen molar-refractivity contribution in [2.24, 2.45) is 0 Å². The third-order valence-corrected chi connectivity index (χ3v) is 5.50. The molecule has 3 nitrogen and oxygen atoms in total. The molecular formula is C15H30Cl3O3P. The second-order valence-corrected chi connectivity index (χ2v) is 7.24. The van der Waals surface area contributed by atoms with Crippen molar-refractivity contribution in [2.75, 3.05) is 17.6 Å². The molecule has 3 unspecified atom stereocenters. The van der Waals surface area contributed by atoms with Gasteiger partial charge in [-0.3, -0.25) is 0 Å². The van der Waals surface area contributed by atoms with Crippen molar-refractivity contribution in [2.45, 2.75) is 77.6 Å². The molecule has 0 spiro atoms. The lowest BCUT2D eigenvalue weighted by molar-refractivity contribution is 0.0746. The fourth-order valence-electron chi connectivity index (χ4n) is 1.88. The molecule has 0 bridgehead atoms. The molecule has 0 heterocycles. The van der Waals surface area contributed by atoms with E-state index in [4.69, 9.17) is 48.4 Å². The Hall–Kier alpha value is 1.18. The summed E-state index contributed by atoms with van der Waals surface area (Å²) in [6.07, 6.45) is 5.47. The minimum atomic E-state index is -1.48. The van der Waals surface area contributed by atoms with Gasteiger partial charge < -0.3 is 13.6 Å². The van der Waals surface area contributed by atoms with Gasteiger partial charge in [0.25, 0.3) is 0 Å². The molecule has 0 saturated heterocycles. The Bertz CT molecular complexity index is 212. The molecule has 0 saturated carbocycles. The van der Waals surface area contributed by atoms with Crippen molar-refractivity contribution in [3.63, 3.8) is 0 Å². The molecule has 0 fully saturated rings. The zero-order valence-electron chi connectivity index (χ0n) is 13.9. The third-order valence-electron chi connectivity index (χ3n) is 3.05. The van der Waals surface area contributed by atoms with Gasteiger partial charge in [-0.15, -0.1) is 34.8 Å². The quantitative estimate of drug-likeness (QED) is 0.234. The smallest absolute Gasteiger partial charge is 0.308 e. The van der Waals surface area contributed by atoms with E-state index in [2.05, 4.69) is 20.8 Å². The van der Waals surface area contributed by atoms with Gasteiger partial charge in [-0.25, -0.2) is 0 Å². The second kappa shape index (κ2) is 15.7. The molecule has 134 valence electrons. The first-order valence-corrected chi connectivity index (χ1v) is 10.8. The molecule has 0 aliphatic carbocycles. The van der Waals surface area contributed by atoms with Gasteiger partial charge in [0.05, 0.1) is 18.3 Å². The van der Waals surface area contributed by atoms with Crippen LogP contribution >= 0.6 is 43.4 Å². The molecule has 0 amide bonds. The molecule has 0 aliphatic rings. The SMILES string of the molecule is CCCC(CCl)OP(OC(CCl)CCC)OC(CCl)CCC. The largest absolute Gasteiger partial charge is 0.333 e. The second-order valence-electron chi connectivity index (χ2n) is 5.23. The van der Waals surface area contributed by atoms with Gasteiger partial charge in [-0.05, 0) is 19.3 Å². The average molecular weight is 396 g/mol. The summed E-state index contributed by atoms with van der Waals surface area (Å²) in [6, 6.07) is 0. The van der Waals surface area contributed by atoms with E-state index in [0.717, 1.165) is 38.5 Å². The molecule has 0 rings (SSSR count). The van der Waals surface area contributed by atoms with Crippen molar-refractivity contribution < 1.29 is 13.6 Å². The Labute approximate surface area is 152 Å². The van der Waals surface area contributed by atoms with Crippen LogP contribution in [-0.4, -0.2) is 36.0 Å². The Morgan fingerprint density at radius 1 is 0.636 bits per heavy atom. The van der Waals surface area contributed by atoms with Crippen LogP contribution in [0.25, 0.3) is 0 Å². The fraction of sp³-hybridized carbons (Fsp3) is 1.00. The van der Waals surface area contributed by atoms with E-state index in [9.17, 15) is 0 Å². The maximum atomic E-state index is 5.98. The zero-order valence-corrected chi connectivity index (χ0v) is 17.1. The minimum absolute atomic E-state index is 0.0621. The number of halogens is 3. The van der Waals surface area contributed by atoms with Crippen LogP contribution in [0.15, 0.2) is 0 Å². The first-order valence-electron chi connectivity index (χ1n) is 8.13. The predicted octanol–water partition coefficient (Wildman–Crippen LogP) is 6.49. The normalized spacial score (nSPS) is 17.2. The van der Waals surface area contributed by atoms with Gasteiger partial charge in [0, 0.05) is 17.6 Å². The molecule has 3 atom stereocenters. The maximum Gasteiger partial charge on any atom is 0.333 e. The molecule has 0 aromatic carbocycles. The van der Waals surface area contributed by atoms with E-state index in [1.54, 1.807) is 0 Å². The molecule has 0 radical (unpaired) electrons. The summed E-state index contributed by atoms with van der Waals surface area (Å²) in [6.45, 7) is 6.30. The number of alkyl halides is 3. The molecule has 22 heavy (non-hydrogen) atoms. The monoisotopic (exact) mass is 394 g/mol. The lowest BCUT2D eigenvalue weighted by Crippen LogP contribution is -2.21. The summed E-state index contributed by atoms with van der Waals surface area (Å²) in [7, 11) is -1.48. The summed E-state index contributed by atoms with van der Waals surface area (Å²) >= 11 is 17.9. The van der Waals surface area contributed by atoms with Gasteiger partial charge >= 0.3 is 8.60 Å². The van der Waals surface area contributed by atoms with Crippen LogP contribution in [0, 0.1) is 0 Å². The minimum Gasteiger partial charge on any atom is -0.308 e. The molecular weight excluding hydrogens is 365 g/mol. The summed E-state index contributed by atoms with van der Waals surface area (Å²) in [5.41, 5.74) is 0. The van der Waals surface area contributed by atoms with E-state index in [1.807, 2.05) is 0 Å². The summed E-state index contributed by atoms with van der Waals surface area (Å²) < 4.78 is 17.9. The van der Waals surface area contributed by atoms with E-state index in [0.29, 0.717) is 17.6 Å². The van der Waals surface area contributed by atoms with Gasteiger partial charge in [0.1, 0.15) is 0 Å². The van der Waals surface area contributed by atoms with Gasteiger partial charge in [-0.2, -0.15) is 0 Å². The number of hydrogen-bond acceptors (Lipinski definition) is 3. The number of hydrogen-bond donors (Lipinski definition) is 0. The lowest BCUT2D eigenvalue weighted by Gasteiger charge is -2.27. The Balaban J connectivity index is 4.71. The van der Waals surface area contributed by atoms with Crippen LogP contribution in [0.3, 0.4) is 0 Å². The molecule has 0 N–H and O–H groups in total. The van der Waals surface area contributed by atoms with Crippen LogP contribution in [-0.2, 0) is 13.6 Å². The van der Waals surface area contributed by atoms with E-state index < -0.39 is 8.60 Å². The van der Waals surface area contributed by atoms with Crippen LogP contribution in [0.5, 0.6) is 0 Å². The highest BCUT2D eigenvalue weighted by molar-refractivity contribution is 7.41. The van der Waals surface area contributed by atoms with Crippen LogP contribution in [0.4, 0.5) is 0 Å². The first-order chi connectivity index (χ1) is 10.6. The van der Waals surface area contributed by atoms with Crippen molar-refractivity contribution in [1.82, 2.24) is 0 Å². The lowest BCUT2D eigenvalue weighted by atomic mass is 10.2. The van der Waals surface area contributed by atoms with Gasteiger partial charge in [-0.1, -0.05) is 40.0 Å². The van der Waals surface area contributed by atoms with Gasteiger partial charge in [0.2, 0.25) is 0 Å². The Morgan fingerprint density at radius 2 is 0.909 bits per heavy atom. The summed E-state index contributed by atoms with van der Waals surface area (Å²) in [5.74, 6) is 1.29. The highest BCUT2D eigenvalue weighted by Gasteiger charge is 2.26. The third kappa shape index (κ3) is 10.9. The van der Waals surface area contributed by atoms with Crippen LogP contribution < -0.4 is 0 Å². The fourth-order valence-corrected chi connectivity index (χ4v) is 4.21. The first kappa shape index (κ1) is 23.2. The standard InChI is InChI=1S/C15H30Cl3O3P/c1-4-7-13(10-16)19-22(20-14(11-17)8-5-2)21-15(12-18)9-6-3/h13-15H,4-12H2,1-3H3. The zero-order chi connectivity index (χ0) is 16.8. The highest BCUT2D eigenvalue weighted by Crippen LogP contribution is 2.46. The summed E-state index contributed by atoms with van der Waals surface area (Å²) in [5, 5.41) is 0. The van der Waals surface area contributed by atoms with Crippen LogP contribution in [0.2, 0.25) is 0 Å². The summed E-state index contributed by atoms with van der Waals surface area (Å²) in [4.78, 5) is 0. The van der Waals surface area contributed by atoms with E-state index >= 15 is 0 Å². The molecule has 0 aromatic rings. The van der Waals surface area contributed by atoms with Crippen LogP contribution in [0.1, 0.15) is 59.3 Å². The number of rotatable bonds is 15. The maximum absolute atomic E-state index is 5.98. The van der Waals surface area contributed by atoms with Crippen molar-refractivity contribution in [3.8, 4) is 0 Å². The molecule has 7 heteroatoms. The molecule has 0 aromatic heterocycles. The molecule has 0 aliphatic heterocycles. The highest BCUT2D eigenvalue weighted by atomic mass is 35.5. The predicted molar refractivity (Wildman–Crippen MR) is 98.4 cm³/mol. The van der Waals surface area contributed by atoms with Crippen molar-refractivity contribution in [3.05, 3.63) is 0 Å². The average Bonchev–Trinajstić information content (AvgIpc) is 2.53. The van der Waals surface area contributed by atoms with Gasteiger partial charge in [0.15, 0.2) is 0 Å². The van der Waals surface area contributed by atoms with E-state index in [1.165, 1.54) is 0 Å².